The lowest BCUT2D eigenvalue weighted by atomic mass is 10.1. The van der Waals surface area contributed by atoms with E-state index in [-0.39, 0.29) is 6.10 Å². The summed E-state index contributed by atoms with van der Waals surface area (Å²) < 4.78 is 11.6. The molecule has 1 aliphatic rings. The Kier molecular flexibility index (Phi) is 6.20. The Bertz CT molecular complexity index is 771. The average molecular weight is 355 g/mol. The predicted molar refractivity (Wildman–Crippen MR) is 99.8 cm³/mol. The van der Waals surface area contributed by atoms with E-state index >= 15 is 0 Å². The van der Waals surface area contributed by atoms with E-state index in [1.165, 1.54) is 0 Å². The van der Waals surface area contributed by atoms with Crippen LogP contribution in [-0.4, -0.2) is 35.3 Å². The first kappa shape index (κ1) is 18.4. The van der Waals surface area contributed by atoms with E-state index < -0.39 is 0 Å². The fraction of sp³-hybridized carbons (Fsp3) is 0.400. The number of hydroxylamine groups is 1. The second-order valence-corrected chi connectivity index (χ2v) is 6.46. The van der Waals surface area contributed by atoms with Gasteiger partial charge < -0.3 is 9.47 Å². The molecule has 1 atom stereocenters. The molecule has 0 spiro atoms. The van der Waals surface area contributed by atoms with Crippen LogP contribution < -0.4 is 10.2 Å². The van der Waals surface area contributed by atoms with Crippen molar-refractivity contribution >= 4 is 5.84 Å². The number of aryl methyl sites for hydroxylation is 2. The van der Waals surface area contributed by atoms with Gasteiger partial charge in [-0.3, -0.25) is 15.7 Å². The third-order valence-corrected chi connectivity index (χ3v) is 4.46. The minimum Gasteiger partial charge on any atom is -0.472 e. The molecule has 0 radical (unpaired) electrons. The van der Waals surface area contributed by atoms with Crippen LogP contribution in [0.1, 0.15) is 35.2 Å². The van der Waals surface area contributed by atoms with Crippen LogP contribution in [0.15, 0.2) is 41.4 Å². The highest BCUT2D eigenvalue weighted by atomic mass is 16.5. The molecule has 2 N–H and O–H groups in total. The molecule has 1 unspecified atom stereocenters. The van der Waals surface area contributed by atoms with Gasteiger partial charge >= 0.3 is 0 Å². The zero-order valence-corrected chi connectivity index (χ0v) is 15.2. The number of ether oxygens (including phenoxy) is 2. The average Bonchev–Trinajstić information content (AvgIpc) is 3.16. The Morgan fingerprint density at radius 2 is 2.15 bits per heavy atom. The first-order valence-corrected chi connectivity index (χ1v) is 8.89. The summed E-state index contributed by atoms with van der Waals surface area (Å²) in [6.45, 7) is 5.63. The van der Waals surface area contributed by atoms with Crippen LogP contribution in [0.25, 0.3) is 0 Å². The molecule has 2 heterocycles. The first-order chi connectivity index (χ1) is 12.7. The van der Waals surface area contributed by atoms with Crippen LogP contribution in [0.5, 0.6) is 5.88 Å². The molecule has 138 valence electrons. The molecular formula is C20H25N3O3. The maximum absolute atomic E-state index is 9.57. The molecule has 6 nitrogen and oxygen atoms in total. The predicted octanol–water partition coefficient (Wildman–Crippen LogP) is 3.18. The number of hydrogen-bond acceptors (Lipinski definition) is 5. The van der Waals surface area contributed by atoms with Gasteiger partial charge in [-0.15, -0.1) is 0 Å². The van der Waals surface area contributed by atoms with Crippen molar-refractivity contribution in [1.82, 2.24) is 10.5 Å². The van der Waals surface area contributed by atoms with Crippen molar-refractivity contribution in [2.45, 2.75) is 39.4 Å². The lowest BCUT2D eigenvalue weighted by molar-refractivity contribution is 0.117. The number of benzene rings is 1. The van der Waals surface area contributed by atoms with Crippen molar-refractivity contribution in [2.75, 3.05) is 13.2 Å². The summed E-state index contributed by atoms with van der Waals surface area (Å²) >= 11 is 0. The van der Waals surface area contributed by atoms with Crippen molar-refractivity contribution in [3.63, 3.8) is 0 Å². The molecule has 0 amide bonds. The van der Waals surface area contributed by atoms with E-state index in [2.05, 4.69) is 15.5 Å². The molecule has 0 bridgehead atoms. The van der Waals surface area contributed by atoms with Crippen LogP contribution in [-0.2, 0) is 11.3 Å². The molecule has 26 heavy (non-hydrogen) atoms. The van der Waals surface area contributed by atoms with E-state index in [1.54, 1.807) is 0 Å². The topological polar surface area (TPSA) is 76.0 Å². The van der Waals surface area contributed by atoms with Gasteiger partial charge in [0.15, 0.2) is 5.84 Å². The standard InChI is InChI=1S/C20H25N3O3/c1-14-6-3-4-7-16(14)13-26-20-18(10-9-15(2)22-20)19(23-24)21-12-17-8-5-11-25-17/h3-4,6-7,9-10,17,24H,5,8,11-13H2,1-2H3,(H,21,23). The van der Waals surface area contributed by atoms with Gasteiger partial charge in [-0.25, -0.2) is 4.98 Å². The van der Waals surface area contributed by atoms with Crippen LogP contribution >= 0.6 is 0 Å². The Morgan fingerprint density at radius 1 is 1.31 bits per heavy atom. The van der Waals surface area contributed by atoms with Crippen molar-refractivity contribution in [3.05, 3.63) is 58.8 Å². The number of pyridine rings is 1. The highest BCUT2D eigenvalue weighted by molar-refractivity contribution is 6.00. The highest BCUT2D eigenvalue weighted by Gasteiger charge is 2.17. The second kappa shape index (κ2) is 8.78. The monoisotopic (exact) mass is 355 g/mol. The van der Waals surface area contributed by atoms with Gasteiger partial charge in [-0.2, -0.15) is 0 Å². The largest absolute Gasteiger partial charge is 0.472 e. The summed E-state index contributed by atoms with van der Waals surface area (Å²) in [7, 11) is 0. The molecule has 1 aromatic heterocycles. The van der Waals surface area contributed by atoms with Crippen LogP contribution in [0.3, 0.4) is 0 Å². The quantitative estimate of drug-likeness (QED) is 0.473. The minimum atomic E-state index is 0.105. The molecule has 1 aromatic carbocycles. The first-order valence-electron chi connectivity index (χ1n) is 8.89. The molecule has 1 aliphatic heterocycles. The zero-order valence-electron chi connectivity index (χ0n) is 15.2. The number of hydrogen-bond donors (Lipinski definition) is 2. The summed E-state index contributed by atoms with van der Waals surface area (Å²) in [5.74, 6) is 0.786. The van der Waals surface area contributed by atoms with Crippen molar-refractivity contribution in [2.24, 2.45) is 4.99 Å². The number of aliphatic imine (C=N–C) groups is 1. The summed E-state index contributed by atoms with van der Waals surface area (Å²) in [5.41, 5.74) is 5.91. The van der Waals surface area contributed by atoms with Crippen LogP contribution in [0, 0.1) is 13.8 Å². The maximum atomic E-state index is 9.57. The minimum absolute atomic E-state index is 0.105. The molecule has 2 aromatic rings. The fourth-order valence-corrected chi connectivity index (χ4v) is 2.90. The summed E-state index contributed by atoms with van der Waals surface area (Å²) in [5, 5.41) is 9.57. The lowest BCUT2D eigenvalue weighted by Gasteiger charge is -2.14. The van der Waals surface area contributed by atoms with Gasteiger partial charge in [0, 0.05) is 12.3 Å². The van der Waals surface area contributed by atoms with Gasteiger partial charge in [-0.05, 0) is 49.9 Å². The summed E-state index contributed by atoms with van der Waals surface area (Å²) in [6.07, 6.45) is 2.15. The summed E-state index contributed by atoms with van der Waals surface area (Å²) in [6, 6.07) is 11.8. The maximum Gasteiger partial charge on any atom is 0.225 e. The number of nitrogens with one attached hydrogen (secondary N) is 1. The molecule has 0 aliphatic carbocycles. The van der Waals surface area contributed by atoms with Gasteiger partial charge in [0.2, 0.25) is 5.88 Å². The van der Waals surface area contributed by atoms with E-state index in [1.807, 2.05) is 50.2 Å². The smallest absolute Gasteiger partial charge is 0.225 e. The van der Waals surface area contributed by atoms with Crippen molar-refractivity contribution in [3.8, 4) is 5.88 Å². The van der Waals surface area contributed by atoms with Gasteiger partial charge in [0.05, 0.1) is 18.2 Å². The van der Waals surface area contributed by atoms with Gasteiger partial charge in [-0.1, -0.05) is 24.3 Å². The van der Waals surface area contributed by atoms with Crippen LogP contribution in [0.4, 0.5) is 0 Å². The van der Waals surface area contributed by atoms with E-state index in [4.69, 9.17) is 9.47 Å². The van der Waals surface area contributed by atoms with Crippen molar-refractivity contribution in [1.29, 1.82) is 0 Å². The molecule has 6 heteroatoms. The Labute approximate surface area is 153 Å². The third-order valence-electron chi connectivity index (χ3n) is 4.46. The van der Waals surface area contributed by atoms with E-state index in [0.29, 0.717) is 30.4 Å². The van der Waals surface area contributed by atoms with Gasteiger partial charge in [0.25, 0.3) is 0 Å². The van der Waals surface area contributed by atoms with E-state index in [0.717, 1.165) is 36.3 Å². The summed E-state index contributed by atoms with van der Waals surface area (Å²) in [4.78, 5) is 8.95. The van der Waals surface area contributed by atoms with E-state index in [9.17, 15) is 5.21 Å². The zero-order chi connectivity index (χ0) is 18.4. The second-order valence-electron chi connectivity index (χ2n) is 6.46. The molecule has 0 saturated carbocycles. The van der Waals surface area contributed by atoms with Gasteiger partial charge in [0.1, 0.15) is 6.61 Å². The number of nitrogens with zero attached hydrogens (tertiary/aromatic N) is 2. The Hall–Kier alpha value is -2.44. The lowest BCUT2D eigenvalue weighted by Crippen LogP contribution is -2.24. The SMILES string of the molecule is Cc1ccc(C(=NCC2CCCO2)NO)c(OCc2ccccc2C)n1. The number of amidine groups is 1. The number of aromatic nitrogens is 1. The molecular weight excluding hydrogens is 330 g/mol. The normalized spacial score (nSPS) is 17.3. The molecule has 3 rings (SSSR count). The number of rotatable bonds is 6. The molecule has 1 fully saturated rings. The van der Waals surface area contributed by atoms with Crippen LogP contribution in [0.2, 0.25) is 0 Å². The Morgan fingerprint density at radius 3 is 2.88 bits per heavy atom. The fourth-order valence-electron chi connectivity index (χ4n) is 2.90. The Balaban J connectivity index is 1.79. The highest BCUT2D eigenvalue weighted by Crippen LogP contribution is 2.20. The van der Waals surface area contributed by atoms with Crippen molar-refractivity contribution < 1.29 is 14.7 Å². The third kappa shape index (κ3) is 4.59. The molecule has 1 saturated heterocycles.